The minimum atomic E-state index is -0.269. The zero-order chi connectivity index (χ0) is 22.5. The maximum atomic E-state index is 14.1. The van der Waals surface area contributed by atoms with E-state index in [4.69, 9.17) is 11.6 Å². The highest BCUT2D eigenvalue weighted by Crippen LogP contribution is 2.29. The molecule has 1 aliphatic carbocycles. The van der Waals surface area contributed by atoms with Crippen molar-refractivity contribution in [3.8, 4) is 0 Å². The lowest BCUT2D eigenvalue weighted by Gasteiger charge is -2.35. The van der Waals surface area contributed by atoms with Gasteiger partial charge in [-0.05, 0) is 31.0 Å². The van der Waals surface area contributed by atoms with Crippen molar-refractivity contribution in [2.45, 2.75) is 25.4 Å². The van der Waals surface area contributed by atoms with Gasteiger partial charge in [-0.15, -0.1) is 0 Å². The monoisotopic (exact) mass is 458 g/mol. The number of hydrogen-bond donors (Lipinski definition) is 1. The quantitative estimate of drug-likeness (QED) is 0.660. The molecule has 1 saturated heterocycles. The summed E-state index contributed by atoms with van der Waals surface area (Å²) in [5, 5.41) is 3.36. The highest BCUT2D eigenvalue weighted by molar-refractivity contribution is 6.33. The number of benzene rings is 2. The first-order chi connectivity index (χ1) is 15.5. The third-order valence-electron chi connectivity index (χ3n) is 5.95. The van der Waals surface area contributed by atoms with E-state index in [1.807, 2.05) is 17.0 Å². The summed E-state index contributed by atoms with van der Waals surface area (Å²) in [7, 11) is 0. The van der Waals surface area contributed by atoms with Gasteiger partial charge in [-0.3, -0.25) is 19.4 Å². The first kappa shape index (κ1) is 22.7. The lowest BCUT2D eigenvalue weighted by atomic mass is 10.2. The largest absolute Gasteiger partial charge is 0.334 e. The predicted molar refractivity (Wildman–Crippen MR) is 123 cm³/mol. The predicted octanol–water partition coefficient (Wildman–Crippen LogP) is 3.23. The minimum absolute atomic E-state index is 0.0423. The Kier molecular flexibility index (Phi) is 7.40. The maximum Gasteiger partial charge on any atom is 0.238 e. The van der Waals surface area contributed by atoms with Crippen LogP contribution >= 0.6 is 11.6 Å². The zero-order valence-corrected chi connectivity index (χ0v) is 18.7. The number of nitrogens with zero attached hydrogens (tertiary/aromatic N) is 3. The summed E-state index contributed by atoms with van der Waals surface area (Å²) < 4.78 is 14.1. The Labute approximate surface area is 192 Å². The molecule has 2 aromatic rings. The number of hydrogen-bond acceptors (Lipinski definition) is 4. The summed E-state index contributed by atoms with van der Waals surface area (Å²) >= 11 is 6.10. The lowest BCUT2D eigenvalue weighted by Crippen LogP contribution is -2.51. The van der Waals surface area contributed by atoms with Gasteiger partial charge in [0.25, 0.3) is 0 Å². The van der Waals surface area contributed by atoms with Gasteiger partial charge in [0.2, 0.25) is 11.8 Å². The van der Waals surface area contributed by atoms with Crippen LogP contribution in [-0.2, 0) is 16.1 Å². The normalized spacial score (nSPS) is 17.2. The molecule has 32 heavy (non-hydrogen) atoms. The summed E-state index contributed by atoms with van der Waals surface area (Å²) in [5.41, 5.74) is 1.17. The van der Waals surface area contributed by atoms with Gasteiger partial charge >= 0.3 is 0 Å². The van der Waals surface area contributed by atoms with Gasteiger partial charge in [-0.1, -0.05) is 41.9 Å². The average molecular weight is 459 g/mol. The molecule has 0 radical (unpaired) electrons. The Morgan fingerprint density at radius 1 is 0.969 bits per heavy atom. The number of para-hydroxylation sites is 1. The van der Waals surface area contributed by atoms with Crippen LogP contribution in [0.15, 0.2) is 48.5 Å². The molecule has 0 atom stereocenters. The van der Waals surface area contributed by atoms with Crippen LogP contribution in [0.3, 0.4) is 0 Å². The smallest absolute Gasteiger partial charge is 0.238 e. The summed E-state index contributed by atoms with van der Waals surface area (Å²) in [4.78, 5) is 31.3. The molecule has 0 bridgehead atoms. The molecular formula is C24H28ClFN4O2. The summed E-state index contributed by atoms with van der Waals surface area (Å²) in [6.45, 7) is 3.77. The second-order valence-electron chi connectivity index (χ2n) is 8.42. The number of piperazine rings is 1. The Morgan fingerprint density at radius 3 is 2.25 bits per heavy atom. The number of anilines is 1. The van der Waals surface area contributed by atoms with Gasteiger partial charge < -0.3 is 10.2 Å². The van der Waals surface area contributed by atoms with Crippen LogP contribution in [0.1, 0.15) is 18.4 Å². The number of rotatable bonds is 8. The average Bonchev–Trinajstić information content (AvgIpc) is 3.61. The molecule has 0 spiro atoms. The van der Waals surface area contributed by atoms with Crippen LogP contribution in [0.25, 0.3) is 0 Å². The second kappa shape index (κ2) is 10.4. The fourth-order valence-corrected chi connectivity index (χ4v) is 4.14. The molecule has 2 fully saturated rings. The van der Waals surface area contributed by atoms with Crippen LogP contribution in [0.2, 0.25) is 5.02 Å². The third kappa shape index (κ3) is 6.06. The van der Waals surface area contributed by atoms with Gasteiger partial charge in [0.1, 0.15) is 5.82 Å². The number of carbonyl (C=O) groups excluding carboxylic acids is 2. The van der Waals surface area contributed by atoms with E-state index in [1.165, 1.54) is 6.07 Å². The van der Waals surface area contributed by atoms with Crippen LogP contribution in [-0.4, -0.2) is 71.8 Å². The molecule has 1 heterocycles. The minimum Gasteiger partial charge on any atom is -0.334 e. The summed E-state index contributed by atoms with van der Waals surface area (Å²) in [5.74, 6) is -0.331. The van der Waals surface area contributed by atoms with Crippen LogP contribution in [0.4, 0.5) is 10.1 Å². The molecule has 1 saturated carbocycles. The van der Waals surface area contributed by atoms with Gasteiger partial charge in [-0.2, -0.15) is 0 Å². The topological polar surface area (TPSA) is 55.9 Å². The first-order valence-corrected chi connectivity index (χ1v) is 11.4. The van der Waals surface area contributed by atoms with E-state index in [0.717, 1.165) is 12.8 Å². The van der Waals surface area contributed by atoms with E-state index in [1.54, 1.807) is 30.3 Å². The van der Waals surface area contributed by atoms with Crippen LogP contribution in [0.5, 0.6) is 0 Å². The molecule has 1 aliphatic heterocycles. The molecule has 6 nitrogen and oxygen atoms in total. The van der Waals surface area contributed by atoms with Crippen LogP contribution in [0, 0.1) is 5.82 Å². The van der Waals surface area contributed by atoms with Crippen molar-refractivity contribution in [3.63, 3.8) is 0 Å². The highest BCUT2D eigenvalue weighted by Gasteiger charge is 2.34. The second-order valence-corrected chi connectivity index (χ2v) is 8.83. The van der Waals surface area contributed by atoms with Crippen molar-refractivity contribution in [3.05, 3.63) is 64.9 Å². The van der Waals surface area contributed by atoms with E-state index >= 15 is 0 Å². The molecule has 0 aromatic heterocycles. The van der Waals surface area contributed by atoms with Gasteiger partial charge in [0.05, 0.1) is 23.8 Å². The Morgan fingerprint density at radius 2 is 1.59 bits per heavy atom. The van der Waals surface area contributed by atoms with E-state index < -0.39 is 0 Å². The first-order valence-electron chi connectivity index (χ1n) is 11.0. The van der Waals surface area contributed by atoms with Gasteiger partial charge in [0, 0.05) is 44.3 Å². The number of halogens is 2. The molecule has 8 heteroatoms. The van der Waals surface area contributed by atoms with Crippen molar-refractivity contribution in [2.24, 2.45) is 0 Å². The highest BCUT2D eigenvalue weighted by atomic mass is 35.5. The summed E-state index contributed by atoms with van der Waals surface area (Å²) in [6.07, 6.45) is 1.96. The summed E-state index contributed by atoms with van der Waals surface area (Å²) in [6, 6.07) is 14.0. The molecule has 2 amide bonds. The fourth-order valence-electron chi connectivity index (χ4n) is 3.96. The van der Waals surface area contributed by atoms with Gasteiger partial charge in [0.15, 0.2) is 0 Å². The van der Waals surface area contributed by atoms with E-state index in [-0.39, 0.29) is 30.2 Å². The van der Waals surface area contributed by atoms with Crippen molar-refractivity contribution in [1.29, 1.82) is 0 Å². The maximum absolute atomic E-state index is 14.1. The number of carbonyl (C=O) groups is 2. The molecule has 0 unspecified atom stereocenters. The standard InChI is InChI=1S/C24H28ClFN4O2/c25-20-6-2-4-8-22(20)27-23(31)16-28-11-13-29(14-12-28)17-24(32)30(19-9-10-19)15-18-5-1-3-7-21(18)26/h1-8,19H,9-17H2,(H,27,31). The van der Waals surface area contributed by atoms with Crippen molar-refractivity contribution in [1.82, 2.24) is 14.7 Å². The SMILES string of the molecule is O=C(CN1CCN(CC(=O)N(Cc2ccccc2F)C2CC2)CC1)Nc1ccccc1Cl. The van der Waals surface area contributed by atoms with Crippen LogP contribution < -0.4 is 5.32 Å². The molecule has 170 valence electrons. The Balaban J connectivity index is 1.24. The van der Waals surface area contributed by atoms with E-state index in [2.05, 4.69) is 15.1 Å². The van der Waals surface area contributed by atoms with E-state index in [0.29, 0.717) is 55.5 Å². The molecular weight excluding hydrogens is 431 g/mol. The van der Waals surface area contributed by atoms with Crippen molar-refractivity contribution >= 4 is 29.1 Å². The lowest BCUT2D eigenvalue weighted by molar-refractivity contribution is -0.134. The number of amides is 2. The molecule has 4 rings (SSSR count). The number of nitrogens with one attached hydrogen (secondary N) is 1. The zero-order valence-electron chi connectivity index (χ0n) is 18.0. The van der Waals surface area contributed by atoms with E-state index in [9.17, 15) is 14.0 Å². The third-order valence-corrected chi connectivity index (χ3v) is 6.28. The van der Waals surface area contributed by atoms with Crippen molar-refractivity contribution in [2.75, 3.05) is 44.6 Å². The van der Waals surface area contributed by atoms with Crippen molar-refractivity contribution < 1.29 is 14.0 Å². The van der Waals surface area contributed by atoms with Gasteiger partial charge in [-0.25, -0.2) is 4.39 Å². The Bertz CT molecular complexity index is 961. The molecule has 2 aliphatic rings. The molecule has 1 N–H and O–H groups in total. The molecule has 2 aromatic carbocycles. The Hall–Kier alpha value is -2.48. The fraction of sp³-hybridized carbons (Fsp3) is 0.417.